The first-order valence-electron chi connectivity index (χ1n) is 12.1. The van der Waals surface area contributed by atoms with Crippen molar-refractivity contribution in [3.8, 4) is 22.9 Å². The molecule has 4 nitrogen and oxygen atoms in total. The van der Waals surface area contributed by atoms with Crippen molar-refractivity contribution in [2.75, 3.05) is 0 Å². The number of nitrogens with zero attached hydrogens (tertiary/aromatic N) is 2. The van der Waals surface area contributed by atoms with Crippen LogP contribution in [0.2, 0.25) is 0 Å². The molecule has 0 radical (unpaired) electrons. The quantitative estimate of drug-likeness (QED) is 0.242. The van der Waals surface area contributed by atoms with E-state index < -0.39 is 0 Å². The molecule has 176 valence electrons. The number of aromatic nitrogens is 2. The van der Waals surface area contributed by atoms with Gasteiger partial charge in [0.2, 0.25) is 11.8 Å². The van der Waals surface area contributed by atoms with Gasteiger partial charge in [-0.15, -0.1) is 0 Å². The molecule has 6 aromatic rings. The van der Waals surface area contributed by atoms with E-state index >= 15 is 0 Å². The van der Waals surface area contributed by atoms with Gasteiger partial charge in [0.1, 0.15) is 11.0 Å². The summed E-state index contributed by atoms with van der Waals surface area (Å²) >= 11 is 0. The van der Waals surface area contributed by atoms with Crippen LogP contribution < -0.4 is 0 Å². The van der Waals surface area contributed by atoms with Crippen LogP contribution in [0, 0.1) is 0 Å². The zero-order valence-electron chi connectivity index (χ0n) is 20.5. The summed E-state index contributed by atoms with van der Waals surface area (Å²) in [6.07, 6.45) is 4.19. The van der Waals surface area contributed by atoms with Crippen LogP contribution in [-0.2, 0) is 5.41 Å². The summed E-state index contributed by atoms with van der Waals surface area (Å²) in [5, 5.41) is 0. The highest BCUT2D eigenvalue weighted by Gasteiger charge is 2.16. The Kier molecular flexibility index (Phi) is 5.30. The molecule has 0 fully saturated rings. The average molecular weight is 471 g/mol. The molecular weight excluding hydrogens is 444 g/mol. The predicted octanol–water partition coefficient (Wildman–Crippen LogP) is 8.77. The molecule has 0 spiro atoms. The number of fused-ring (bicyclic) bond motifs is 2. The normalized spacial score (nSPS) is 12.2. The lowest BCUT2D eigenvalue weighted by Crippen LogP contribution is -2.10. The number of oxazole rings is 2. The number of rotatable bonds is 4. The first kappa shape index (κ1) is 22.1. The van der Waals surface area contributed by atoms with Gasteiger partial charge in [0, 0.05) is 11.1 Å². The Labute approximate surface area is 209 Å². The Bertz CT molecular complexity index is 1660. The Balaban J connectivity index is 1.18. The fourth-order valence-electron chi connectivity index (χ4n) is 4.18. The van der Waals surface area contributed by atoms with Crippen LogP contribution in [0.3, 0.4) is 0 Å². The van der Waals surface area contributed by atoms with Gasteiger partial charge in [-0.3, -0.25) is 0 Å². The Morgan fingerprint density at radius 3 is 1.67 bits per heavy atom. The molecule has 0 unspecified atom stereocenters. The van der Waals surface area contributed by atoms with E-state index in [1.54, 1.807) is 0 Å². The summed E-state index contributed by atoms with van der Waals surface area (Å²) in [6.45, 7) is 6.61. The largest absolute Gasteiger partial charge is 0.436 e. The van der Waals surface area contributed by atoms with Gasteiger partial charge in [0.25, 0.3) is 0 Å². The lowest BCUT2D eigenvalue weighted by Gasteiger charge is -2.18. The molecule has 6 rings (SSSR count). The van der Waals surface area contributed by atoms with Crippen LogP contribution in [0.4, 0.5) is 0 Å². The Morgan fingerprint density at radius 1 is 0.583 bits per heavy atom. The van der Waals surface area contributed by atoms with Crippen LogP contribution in [-0.4, -0.2) is 9.97 Å². The minimum atomic E-state index is 0.0753. The second-order valence-corrected chi connectivity index (χ2v) is 10.0. The van der Waals surface area contributed by atoms with Crippen molar-refractivity contribution >= 4 is 34.4 Å². The van der Waals surface area contributed by atoms with Crippen molar-refractivity contribution in [2.45, 2.75) is 26.2 Å². The molecule has 2 heterocycles. The van der Waals surface area contributed by atoms with E-state index in [2.05, 4.69) is 74.3 Å². The van der Waals surface area contributed by atoms with E-state index in [9.17, 15) is 0 Å². The SMILES string of the molecule is CC(C)(C)c1ccc2oc(-c3ccc(/C=C/c4ccc(-c5nc6ccccc6o5)cc4)cc3)nc2c1. The summed E-state index contributed by atoms with van der Waals surface area (Å²) in [4.78, 5) is 9.30. The fourth-order valence-corrected chi connectivity index (χ4v) is 4.18. The van der Waals surface area contributed by atoms with Crippen molar-refractivity contribution in [2.24, 2.45) is 0 Å². The average Bonchev–Trinajstić information content (AvgIpc) is 3.51. The van der Waals surface area contributed by atoms with Gasteiger partial charge in [-0.1, -0.05) is 75.4 Å². The molecule has 4 aromatic carbocycles. The van der Waals surface area contributed by atoms with Crippen molar-refractivity contribution in [1.29, 1.82) is 0 Å². The molecule has 0 saturated carbocycles. The third-order valence-electron chi connectivity index (χ3n) is 6.33. The van der Waals surface area contributed by atoms with Crippen molar-refractivity contribution in [3.05, 3.63) is 108 Å². The lowest BCUT2D eigenvalue weighted by atomic mass is 9.87. The predicted molar refractivity (Wildman–Crippen MR) is 147 cm³/mol. The smallest absolute Gasteiger partial charge is 0.227 e. The molecule has 0 N–H and O–H groups in total. The molecular formula is C32H26N2O2. The number of hydrogen-bond acceptors (Lipinski definition) is 4. The Hall–Kier alpha value is -4.44. The van der Waals surface area contributed by atoms with Crippen LogP contribution in [0.15, 0.2) is 99.8 Å². The summed E-state index contributed by atoms with van der Waals surface area (Å²) in [5.74, 6) is 1.28. The highest BCUT2D eigenvalue weighted by Crippen LogP contribution is 2.30. The Morgan fingerprint density at radius 2 is 1.11 bits per heavy atom. The molecule has 0 amide bonds. The number of para-hydroxylation sites is 2. The zero-order chi connectivity index (χ0) is 24.7. The highest BCUT2D eigenvalue weighted by molar-refractivity contribution is 5.79. The van der Waals surface area contributed by atoms with Gasteiger partial charge in [0.15, 0.2) is 11.2 Å². The van der Waals surface area contributed by atoms with Crippen molar-refractivity contribution in [1.82, 2.24) is 9.97 Å². The van der Waals surface area contributed by atoms with Gasteiger partial charge < -0.3 is 8.83 Å². The van der Waals surface area contributed by atoms with Gasteiger partial charge in [-0.25, -0.2) is 9.97 Å². The molecule has 2 aromatic heterocycles. The molecule has 0 saturated heterocycles. The second kappa shape index (κ2) is 8.65. The minimum Gasteiger partial charge on any atom is -0.436 e. The third kappa shape index (κ3) is 4.34. The second-order valence-electron chi connectivity index (χ2n) is 10.0. The van der Waals surface area contributed by atoms with Gasteiger partial charge in [-0.05, 0) is 70.6 Å². The van der Waals surface area contributed by atoms with Crippen molar-refractivity contribution < 1.29 is 8.83 Å². The van der Waals surface area contributed by atoms with Crippen LogP contribution >= 0.6 is 0 Å². The molecule has 0 aliphatic rings. The van der Waals surface area contributed by atoms with E-state index in [-0.39, 0.29) is 5.41 Å². The third-order valence-corrected chi connectivity index (χ3v) is 6.33. The summed E-state index contributed by atoms with van der Waals surface area (Å²) < 4.78 is 11.9. The van der Waals surface area contributed by atoms with Crippen LogP contribution in [0.1, 0.15) is 37.5 Å². The maximum atomic E-state index is 6.02. The van der Waals surface area contributed by atoms with E-state index in [0.717, 1.165) is 44.5 Å². The molecule has 0 aliphatic heterocycles. The maximum absolute atomic E-state index is 6.02. The zero-order valence-corrected chi connectivity index (χ0v) is 20.5. The van der Waals surface area contributed by atoms with E-state index in [0.29, 0.717) is 11.8 Å². The summed E-state index contributed by atoms with van der Waals surface area (Å²) in [7, 11) is 0. The number of hydrogen-bond donors (Lipinski definition) is 0. The maximum Gasteiger partial charge on any atom is 0.227 e. The monoisotopic (exact) mass is 470 g/mol. The first-order valence-corrected chi connectivity index (χ1v) is 12.1. The summed E-state index contributed by atoms with van der Waals surface area (Å²) in [6, 6.07) is 30.5. The number of benzene rings is 4. The van der Waals surface area contributed by atoms with Crippen LogP contribution in [0.5, 0.6) is 0 Å². The standard InChI is InChI=1S/C32H26N2O2/c1-32(2,3)25-18-19-29-27(20-25)34-31(36-29)24-16-12-22(13-17-24)9-8-21-10-14-23(15-11-21)30-33-26-6-4-5-7-28(26)35-30/h4-20H,1-3H3/b9-8+. The van der Waals surface area contributed by atoms with Crippen LogP contribution in [0.25, 0.3) is 57.3 Å². The molecule has 4 heteroatoms. The molecule has 0 bridgehead atoms. The van der Waals surface area contributed by atoms with Gasteiger partial charge in [-0.2, -0.15) is 0 Å². The molecule has 36 heavy (non-hydrogen) atoms. The lowest BCUT2D eigenvalue weighted by molar-refractivity contribution is 0.590. The molecule has 0 aliphatic carbocycles. The van der Waals surface area contributed by atoms with Gasteiger partial charge in [0.05, 0.1) is 0 Å². The topological polar surface area (TPSA) is 52.1 Å². The first-order chi connectivity index (χ1) is 17.4. The van der Waals surface area contributed by atoms with Gasteiger partial charge >= 0.3 is 0 Å². The highest BCUT2D eigenvalue weighted by atomic mass is 16.4. The fraction of sp³-hybridized carbons (Fsp3) is 0.125. The summed E-state index contributed by atoms with van der Waals surface area (Å²) in [5.41, 5.74) is 8.82. The minimum absolute atomic E-state index is 0.0753. The van der Waals surface area contributed by atoms with E-state index in [4.69, 9.17) is 13.8 Å². The van der Waals surface area contributed by atoms with E-state index in [1.807, 2.05) is 54.6 Å². The molecule has 0 atom stereocenters. The van der Waals surface area contributed by atoms with Crippen molar-refractivity contribution in [3.63, 3.8) is 0 Å². The van der Waals surface area contributed by atoms with E-state index in [1.165, 1.54) is 5.56 Å².